The minimum Gasteiger partial charge on any atom is -0.487 e. The molecule has 144 valence electrons. The van der Waals surface area contributed by atoms with E-state index in [1.807, 2.05) is 0 Å². The van der Waals surface area contributed by atoms with Crippen LogP contribution in [0.2, 0.25) is 0 Å². The molecule has 3 rings (SSSR count). The van der Waals surface area contributed by atoms with Crippen molar-refractivity contribution in [3.05, 3.63) is 69.5 Å². The van der Waals surface area contributed by atoms with Crippen LogP contribution >= 0.6 is 0 Å². The molecule has 0 aliphatic carbocycles. The van der Waals surface area contributed by atoms with Crippen LogP contribution in [0.25, 0.3) is 0 Å². The molecule has 0 saturated carbocycles. The Labute approximate surface area is 157 Å². The maximum Gasteiger partial charge on any atom is 0.326 e. The Balaban J connectivity index is 1.54. The van der Waals surface area contributed by atoms with Crippen molar-refractivity contribution in [3.8, 4) is 5.75 Å². The van der Waals surface area contributed by atoms with E-state index in [2.05, 4.69) is 0 Å². The Hall–Kier alpha value is -3.82. The predicted octanol–water partition coefficient (Wildman–Crippen LogP) is 1.95. The van der Waals surface area contributed by atoms with Gasteiger partial charge in [0.2, 0.25) is 0 Å². The minimum atomic E-state index is -0.874. The molecule has 0 radical (unpaired) electrons. The van der Waals surface area contributed by atoms with Crippen molar-refractivity contribution in [2.24, 2.45) is 0 Å². The van der Waals surface area contributed by atoms with E-state index >= 15 is 0 Å². The highest BCUT2D eigenvalue weighted by atomic mass is 19.1. The second-order valence-electron chi connectivity index (χ2n) is 5.68. The van der Waals surface area contributed by atoms with Crippen LogP contribution in [0.15, 0.2) is 42.5 Å². The summed E-state index contributed by atoms with van der Waals surface area (Å²) in [4.78, 5) is 47.2. The molecular formula is C18H13FN2O7. The number of carbonyl (C=O) groups excluding carboxylic acids is 3. The van der Waals surface area contributed by atoms with Crippen LogP contribution < -0.4 is 4.74 Å². The third-order valence-corrected chi connectivity index (χ3v) is 3.89. The molecule has 2 aromatic carbocycles. The molecule has 9 nitrogen and oxygen atoms in total. The van der Waals surface area contributed by atoms with Gasteiger partial charge in [-0.15, -0.1) is 0 Å². The zero-order chi connectivity index (χ0) is 20.3. The Kier molecular flexibility index (Phi) is 5.30. The molecule has 0 atom stereocenters. The molecule has 0 fully saturated rings. The molecule has 0 aromatic heterocycles. The number of imide groups is 1. The number of hydrogen-bond donors (Lipinski definition) is 0. The molecular weight excluding hydrogens is 375 g/mol. The predicted molar refractivity (Wildman–Crippen MR) is 91.3 cm³/mol. The summed E-state index contributed by atoms with van der Waals surface area (Å²) in [6, 6.07) is 8.97. The van der Waals surface area contributed by atoms with Gasteiger partial charge in [-0.05, 0) is 18.2 Å². The second kappa shape index (κ2) is 7.82. The quantitative estimate of drug-likeness (QED) is 0.234. The van der Waals surface area contributed by atoms with Crippen molar-refractivity contribution in [3.63, 3.8) is 0 Å². The third-order valence-electron chi connectivity index (χ3n) is 3.89. The highest BCUT2D eigenvalue weighted by Crippen LogP contribution is 2.26. The zero-order valence-corrected chi connectivity index (χ0v) is 14.3. The molecule has 1 heterocycles. The van der Waals surface area contributed by atoms with E-state index in [1.54, 1.807) is 6.07 Å². The van der Waals surface area contributed by atoms with E-state index in [0.29, 0.717) is 4.90 Å². The highest BCUT2D eigenvalue weighted by molar-refractivity contribution is 6.22. The molecule has 28 heavy (non-hydrogen) atoms. The summed E-state index contributed by atoms with van der Waals surface area (Å²) in [5, 5.41) is 10.8. The monoisotopic (exact) mass is 388 g/mol. The second-order valence-corrected chi connectivity index (χ2v) is 5.68. The normalized spacial score (nSPS) is 12.7. The van der Waals surface area contributed by atoms with Gasteiger partial charge in [-0.3, -0.25) is 29.4 Å². The first-order chi connectivity index (χ1) is 13.4. The number of fused-ring (bicyclic) bond motifs is 1. The third kappa shape index (κ3) is 3.80. The Morgan fingerprint density at radius 1 is 1.07 bits per heavy atom. The smallest absolute Gasteiger partial charge is 0.326 e. The van der Waals surface area contributed by atoms with E-state index in [-0.39, 0.29) is 35.8 Å². The summed E-state index contributed by atoms with van der Waals surface area (Å²) < 4.78 is 23.4. The van der Waals surface area contributed by atoms with Crippen molar-refractivity contribution < 1.29 is 33.2 Å². The number of amides is 2. The summed E-state index contributed by atoms with van der Waals surface area (Å²) in [5.74, 6) is -2.99. The Bertz CT molecular complexity index is 976. The standard InChI is InChI=1S/C18H13FN2O7/c19-14-3-1-2-4-15(14)27-7-8-28-16(22)10-20-17(23)12-6-5-11(21(25)26)9-13(12)18(20)24/h1-6,9H,7-8,10H2. The van der Waals surface area contributed by atoms with Gasteiger partial charge in [0.05, 0.1) is 16.1 Å². The first kappa shape index (κ1) is 19.0. The number of ether oxygens (including phenoxy) is 2. The van der Waals surface area contributed by atoms with Gasteiger partial charge >= 0.3 is 5.97 Å². The van der Waals surface area contributed by atoms with E-state index in [9.17, 15) is 28.9 Å². The number of non-ortho nitro benzene ring substituents is 1. The molecule has 0 saturated heterocycles. The van der Waals surface area contributed by atoms with Crippen molar-refractivity contribution >= 4 is 23.5 Å². The van der Waals surface area contributed by atoms with Crippen molar-refractivity contribution in [2.75, 3.05) is 19.8 Å². The number of hydrogen-bond acceptors (Lipinski definition) is 7. The summed E-state index contributed by atoms with van der Waals surface area (Å²) >= 11 is 0. The molecule has 0 bridgehead atoms. The maximum atomic E-state index is 13.4. The first-order valence-electron chi connectivity index (χ1n) is 8.06. The molecule has 0 spiro atoms. The van der Waals surface area contributed by atoms with Crippen molar-refractivity contribution in [1.29, 1.82) is 0 Å². The number of carbonyl (C=O) groups is 3. The van der Waals surface area contributed by atoms with Gasteiger partial charge < -0.3 is 9.47 Å². The Morgan fingerprint density at radius 3 is 2.50 bits per heavy atom. The lowest BCUT2D eigenvalue weighted by Crippen LogP contribution is -2.36. The van der Waals surface area contributed by atoms with Gasteiger partial charge in [0.15, 0.2) is 11.6 Å². The topological polar surface area (TPSA) is 116 Å². The molecule has 2 amide bonds. The number of nitro benzene ring substituents is 1. The Morgan fingerprint density at radius 2 is 1.79 bits per heavy atom. The number of nitrogens with zero attached hydrogens (tertiary/aromatic N) is 2. The van der Waals surface area contributed by atoms with Crippen LogP contribution in [0.5, 0.6) is 5.75 Å². The lowest BCUT2D eigenvalue weighted by Gasteiger charge is -2.13. The van der Waals surface area contributed by atoms with Crippen LogP contribution in [0.4, 0.5) is 10.1 Å². The maximum absolute atomic E-state index is 13.4. The molecule has 0 unspecified atom stereocenters. The average molecular weight is 388 g/mol. The number of benzene rings is 2. The van der Waals surface area contributed by atoms with Crippen LogP contribution in [0.3, 0.4) is 0 Å². The molecule has 2 aromatic rings. The number of rotatable bonds is 7. The summed E-state index contributed by atoms with van der Waals surface area (Å²) in [5.41, 5.74) is -0.504. The van der Waals surface area contributed by atoms with Crippen LogP contribution in [-0.2, 0) is 9.53 Å². The first-order valence-corrected chi connectivity index (χ1v) is 8.06. The van der Waals surface area contributed by atoms with Gasteiger partial charge in [0, 0.05) is 12.1 Å². The van der Waals surface area contributed by atoms with E-state index < -0.39 is 35.1 Å². The fourth-order valence-corrected chi connectivity index (χ4v) is 2.58. The van der Waals surface area contributed by atoms with Crippen LogP contribution in [0.1, 0.15) is 20.7 Å². The number of esters is 1. The lowest BCUT2D eigenvalue weighted by molar-refractivity contribution is -0.384. The van der Waals surface area contributed by atoms with Gasteiger partial charge in [-0.1, -0.05) is 12.1 Å². The van der Waals surface area contributed by atoms with Crippen LogP contribution in [-0.4, -0.2) is 47.4 Å². The number of nitro groups is 1. The average Bonchev–Trinajstić information content (AvgIpc) is 2.91. The summed E-state index contributed by atoms with van der Waals surface area (Å²) in [6.45, 7) is -0.997. The van der Waals surface area contributed by atoms with E-state index in [0.717, 1.165) is 12.1 Å². The number of para-hydroxylation sites is 1. The zero-order valence-electron chi connectivity index (χ0n) is 14.3. The van der Waals surface area contributed by atoms with Gasteiger partial charge in [0.25, 0.3) is 17.5 Å². The fraction of sp³-hybridized carbons (Fsp3) is 0.167. The van der Waals surface area contributed by atoms with Crippen LogP contribution in [0, 0.1) is 15.9 Å². The lowest BCUT2D eigenvalue weighted by atomic mass is 10.1. The molecule has 1 aliphatic heterocycles. The van der Waals surface area contributed by atoms with Gasteiger partial charge in [0.1, 0.15) is 19.8 Å². The van der Waals surface area contributed by atoms with Crippen molar-refractivity contribution in [1.82, 2.24) is 4.90 Å². The highest BCUT2D eigenvalue weighted by Gasteiger charge is 2.38. The van der Waals surface area contributed by atoms with Crippen molar-refractivity contribution in [2.45, 2.75) is 0 Å². The molecule has 10 heteroatoms. The van der Waals surface area contributed by atoms with E-state index in [1.165, 1.54) is 24.3 Å². The minimum absolute atomic E-state index is 0.000455. The largest absolute Gasteiger partial charge is 0.487 e. The van der Waals surface area contributed by atoms with Gasteiger partial charge in [-0.2, -0.15) is 0 Å². The molecule has 1 aliphatic rings. The summed E-state index contributed by atoms with van der Waals surface area (Å²) in [6.07, 6.45) is 0. The number of halogens is 1. The summed E-state index contributed by atoms with van der Waals surface area (Å²) in [7, 11) is 0. The van der Waals surface area contributed by atoms with E-state index in [4.69, 9.17) is 9.47 Å². The SMILES string of the molecule is O=C(CN1C(=O)c2ccc([N+](=O)[O-])cc2C1=O)OCCOc1ccccc1F. The molecule has 0 N–H and O–H groups in total. The fourth-order valence-electron chi connectivity index (χ4n) is 2.58. The van der Waals surface area contributed by atoms with Gasteiger partial charge in [-0.25, -0.2) is 4.39 Å².